The molecule has 5 heteroatoms. The first-order chi connectivity index (χ1) is 12.5. The fourth-order valence-corrected chi connectivity index (χ4v) is 3.35. The highest BCUT2D eigenvalue weighted by Gasteiger charge is 2.17. The molecule has 0 unspecified atom stereocenters. The number of carbonyl (C=O) groups is 1. The average Bonchev–Trinajstić information content (AvgIpc) is 2.62. The van der Waals surface area contributed by atoms with Crippen LogP contribution in [-0.4, -0.2) is 19.1 Å². The SMILES string of the molecule is Cc1cc(OCC(=O)Nc2ccc3c(c2F)CCNC3)ccc1C(C)C. The molecule has 0 aliphatic carbocycles. The van der Waals surface area contributed by atoms with Gasteiger partial charge in [0.05, 0.1) is 5.69 Å². The van der Waals surface area contributed by atoms with Crippen LogP contribution in [0.1, 0.15) is 42.0 Å². The summed E-state index contributed by atoms with van der Waals surface area (Å²) >= 11 is 0. The van der Waals surface area contributed by atoms with Crippen LogP contribution in [0.5, 0.6) is 5.75 Å². The predicted molar refractivity (Wildman–Crippen MR) is 101 cm³/mol. The van der Waals surface area contributed by atoms with Crippen molar-refractivity contribution in [2.24, 2.45) is 0 Å². The Kier molecular flexibility index (Phi) is 5.57. The maximum Gasteiger partial charge on any atom is 0.262 e. The van der Waals surface area contributed by atoms with Gasteiger partial charge in [-0.1, -0.05) is 26.0 Å². The molecule has 0 fully saturated rings. The molecule has 1 aliphatic rings. The van der Waals surface area contributed by atoms with Gasteiger partial charge in [-0.25, -0.2) is 4.39 Å². The summed E-state index contributed by atoms with van der Waals surface area (Å²) in [6.45, 7) is 7.56. The normalized spacial score (nSPS) is 13.4. The maximum absolute atomic E-state index is 14.6. The first-order valence-corrected chi connectivity index (χ1v) is 9.00. The van der Waals surface area contributed by atoms with Crippen molar-refractivity contribution in [2.75, 3.05) is 18.5 Å². The zero-order valence-corrected chi connectivity index (χ0v) is 15.5. The third-order valence-corrected chi connectivity index (χ3v) is 4.71. The van der Waals surface area contributed by atoms with E-state index < -0.39 is 0 Å². The number of anilines is 1. The second-order valence-electron chi connectivity index (χ2n) is 7.00. The summed E-state index contributed by atoms with van der Waals surface area (Å²) in [5, 5.41) is 5.82. The van der Waals surface area contributed by atoms with Crippen LogP contribution in [-0.2, 0) is 17.8 Å². The van der Waals surface area contributed by atoms with Gasteiger partial charge in [0.25, 0.3) is 5.91 Å². The Bertz CT molecular complexity index is 818. The number of fused-ring (bicyclic) bond motifs is 1. The lowest BCUT2D eigenvalue weighted by atomic mass is 9.98. The maximum atomic E-state index is 14.6. The molecule has 0 spiro atoms. The van der Waals surface area contributed by atoms with E-state index in [2.05, 4.69) is 24.5 Å². The number of hydrogen-bond donors (Lipinski definition) is 2. The number of carbonyl (C=O) groups excluding carboxylic acids is 1. The molecule has 138 valence electrons. The second-order valence-corrected chi connectivity index (χ2v) is 7.00. The summed E-state index contributed by atoms with van der Waals surface area (Å²) in [5.41, 5.74) is 4.23. The molecule has 26 heavy (non-hydrogen) atoms. The Morgan fingerprint density at radius 3 is 2.85 bits per heavy atom. The Balaban J connectivity index is 1.62. The van der Waals surface area contributed by atoms with Crippen molar-refractivity contribution >= 4 is 11.6 Å². The largest absolute Gasteiger partial charge is 0.484 e. The quantitative estimate of drug-likeness (QED) is 0.854. The van der Waals surface area contributed by atoms with Gasteiger partial charge in [0.1, 0.15) is 11.6 Å². The van der Waals surface area contributed by atoms with E-state index in [-0.39, 0.29) is 24.0 Å². The van der Waals surface area contributed by atoms with Gasteiger partial charge >= 0.3 is 0 Å². The summed E-state index contributed by atoms with van der Waals surface area (Å²) in [5.74, 6) is 0.367. The first kappa shape index (κ1) is 18.4. The van der Waals surface area contributed by atoms with Crippen molar-refractivity contribution in [3.8, 4) is 5.75 Å². The van der Waals surface area contributed by atoms with E-state index in [1.54, 1.807) is 6.07 Å². The van der Waals surface area contributed by atoms with Crippen molar-refractivity contribution in [1.29, 1.82) is 0 Å². The van der Waals surface area contributed by atoms with Gasteiger partial charge in [-0.2, -0.15) is 0 Å². The van der Waals surface area contributed by atoms with Crippen LogP contribution in [0.3, 0.4) is 0 Å². The molecule has 2 N–H and O–H groups in total. The molecule has 0 saturated heterocycles. The van der Waals surface area contributed by atoms with Gasteiger partial charge < -0.3 is 15.4 Å². The van der Waals surface area contributed by atoms with E-state index in [0.717, 1.165) is 17.7 Å². The number of aryl methyl sites for hydroxylation is 1. The summed E-state index contributed by atoms with van der Waals surface area (Å²) in [6.07, 6.45) is 0.628. The van der Waals surface area contributed by atoms with Gasteiger partial charge in [-0.15, -0.1) is 0 Å². The van der Waals surface area contributed by atoms with Crippen LogP contribution in [0.15, 0.2) is 30.3 Å². The van der Waals surface area contributed by atoms with Gasteiger partial charge in [-0.05, 0) is 66.3 Å². The van der Waals surface area contributed by atoms with Crippen LogP contribution in [0.4, 0.5) is 10.1 Å². The van der Waals surface area contributed by atoms with Gasteiger partial charge in [0, 0.05) is 6.54 Å². The Morgan fingerprint density at radius 2 is 2.12 bits per heavy atom. The van der Waals surface area contributed by atoms with E-state index in [0.29, 0.717) is 30.2 Å². The number of benzene rings is 2. The molecule has 1 heterocycles. The molecule has 1 amide bonds. The molecular formula is C21H25FN2O2. The standard InChI is InChI=1S/C21H25FN2O2/c1-13(2)17-6-5-16(10-14(17)3)26-12-20(25)24-19-7-4-15-11-23-9-8-18(15)21(19)22/h4-7,10,13,23H,8-9,11-12H2,1-3H3,(H,24,25). The first-order valence-electron chi connectivity index (χ1n) is 9.00. The summed E-state index contributed by atoms with van der Waals surface area (Å²) in [4.78, 5) is 12.2. The molecule has 4 nitrogen and oxygen atoms in total. The monoisotopic (exact) mass is 356 g/mol. The van der Waals surface area contributed by atoms with E-state index >= 15 is 0 Å². The number of halogens is 1. The molecular weight excluding hydrogens is 331 g/mol. The van der Waals surface area contributed by atoms with Crippen LogP contribution < -0.4 is 15.4 Å². The molecule has 0 radical (unpaired) electrons. The van der Waals surface area contributed by atoms with Crippen LogP contribution >= 0.6 is 0 Å². The minimum atomic E-state index is -0.372. The molecule has 2 aromatic carbocycles. The van der Waals surface area contributed by atoms with Crippen molar-refractivity contribution in [3.05, 3.63) is 58.4 Å². The fraction of sp³-hybridized carbons (Fsp3) is 0.381. The lowest BCUT2D eigenvalue weighted by molar-refractivity contribution is -0.118. The Hall–Kier alpha value is -2.40. The average molecular weight is 356 g/mol. The fourth-order valence-electron chi connectivity index (χ4n) is 3.35. The number of hydrogen-bond acceptors (Lipinski definition) is 3. The molecule has 1 aliphatic heterocycles. The number of rotatable bonds is 5. The van der Waals surface area contributed by atoms with Crippen LogP contribution in [0, 0.1) is 12.7 Å². The third-order valence-electron chi connectivity index (χ3n) is 4.71. The van der Waals surface area contributed by atoms with Crippen molar-refractivity contribution in [2.45, 2.75) is 39.7 Å². The second kappa shape index (κ2) is 7.87. The highest BCUT2D eigenvalue weighted by molar-refractivity contribution is 5.92. The third kappa shape index (κ3) is 4.05. The zero-order chi connectivity index (χ0) is 18.7. The van der Waals surface area contributed by atoms with Crippen molar-refractivity contribution < 1.29 is 13.9 Å². The number of nitrogens with one attached hydrogen (secondary N) is 2. The minimum Gasteiger partial charge on any atom is -0.484 e. The summed E-state index contributed by atoms with van der Waals surface area (Å²) in [7, 11) is 0. The minimum absolute atomic E-state index is 0.154. The lowest BCUT2D eigenvalue weighted by Gasteiger charge is -2.19. The van der Waals surface area contributed by atoms with E-state index in [9.17, 15) is 9.18 Å². The summed E-state index contributed by atoms with van der Waals surface area (Å²) in [6, 6.07) is 9.28. The Labute approximate surface area is 153 Å². The van der Waals surface area contributed by atoms with Crippen LogP contribution in [0.2, 0.25) is 0 Å². The molecule has 0 aromatic heterocycles. The number of amides is 1. The lowest BCUT2D eigenvalue weighted by Crippen LogP contribution is -2.26. The van der Waals surface area contributed by atoms with E-state index in [1.807, 2.05) is 31.2 Å². The topological polar surface area (TPSA) is 50.4 Å². The summed E-state index contributed by atoms with van der Waals surface area (Å²) < 4.78 is 20.1. The predicted octanol–water partition coefficient (Wildman–Crippen LogP) is 3.92. The Morgan fingerprint density at radius 1 is 1.31 bits per heavy atom. The van der Waals surface area contributed by atoms with Crippen molar-refractivity contribution in [1.82, 2.24) is 5.32 Å². The molecule has 2 aromatic rings. The van der Waals surface area contributed by atoms with E-state index in [1.165, 1.54) is 5.56 Å². The molecule has 0 saturated carbocycles. The number of ether oxygens (including phenoxy) is 1. The molecule has 0 atom stereocenters. The zero-order valence-electron chi connectivity index (χ0n) is 15.5. The molecule has 3 rings (SSSR count). The van der Waals surface area contributed by atoms with Gasteiger partial charge in [-0.3, -0.25) is 4.79 Å². The van der Waals surface area contributed by atoms with Crippen LogP contribution in [0.25, 0.3) is 0 Å². The van der Waals surface area contributed by atoms with E-state index in [4.69, 9.17) is 4.74 Å². The van der Waals surface area contributed by atoms with Gasteiger partial charge in [0.2, 0.25) is 0 Å². The smallest absolute Gasteiger partial charge is 0.262 e. The molecule has 0 bridgehead atoms. The van der Waals surface area contributed by atoms with Crippen molar-refractivity contribution in [3.63, 3.8) is 0 Å². The highest BCUT2D eigenvalue weighted by Crippen LogP contribution is 2.25. The van der Waals surface area contributed by atoms with Gasteiger partial charge in [0.15, 0.2) is 6.61 Å². The highest BCUT2D eigenvalue weighted by atomic mass is 19.1.